The first kappa shape index (κ1) is 16.7. The lowest BCUT2D eigenvalue weighted by molar-refractivity contribution is 0.0718. The maximum atomic E-state index is 5.32. The van der Waals surface area contributed by atoms with Gasteiger partial charge in [-0.1, -0.05) is 47.5 Å². The summed E-state index contributed by atoms with van der Waals surface area (Å²) in [5.74, 6) is 2.33. The minimum Gasteiger partial charge on any atom is -0.366 e. The molecule has 0 saturated heterocycles. The van der Waals surface area contributed by atoms with Crippen LogP contribution in [-0.4, -0.2) is 18.2 Å². The second-order valence-electron chi connectivity index (χ2n) is 7.12. The molecule has 1 aliphatic carbocycles. The molecule has 0 spiro atoms. The molecule has 0 amide bonds. The molecule has 3 heteroatoms. The largest absolute Gasteiger partial charge is 0.366 e. The predicted octanol–water partition coefficient (Wildman–Crippen LogP) is 3.96. The Morgan fingerprint density at radius 2 is 1.58 bits per heavy atom. The van der Waals surface area contributed by atoms with Crippen LogP contribution in [0.1, 0.15) is 60.3 Å². The third-order valence-corrected chi connectivity index (χ3v) is 5.31. The fraction of sp³-hybridized carbons (Fsp3) is 0.938. The molecule has 2 N–H and O–H groups in total. The van der Waals surface area contributed by atoms with E-state index in [0.29, 0.717) is 11.5 Å². The molecule has 0 aromatic rings. The summed E-state index contributed by atoms with van der Waals surface area (Å²) >= 11 is 5.32. The van der Waals surface area contributed by atoms with E-state index in [0.717, 1.165) is 22.9 Å². The van der Waals surface area contributed by atoms with Crippen LogP contribution in [0, 0.1) is 23.2 Å². The van der Waals surface area contributed by atoms with Crippen molar-refractivity contribution < 1.29 is 0 Å². The van der Waals surface area contributed by atoms with Gasteiger partial charge in [0, 0.05) is 13.1 Å². The Morgan fingerprint density at radius 3 is 1.89 bits per heavy atom. The van der Waals surface area contributed by atoms with Crippen molar-refractivity contribution in [3.8, 4) is 0 Å². The molecule has 2 atom stereocenters. The van der Waals surface area contributed by atoms with Gasteiger partial charge in [0.1, 0.15) is 0 Å². The zero-order valence-corrected chi connectivity index (χ0v) is 14.4. The van der Waals surface area contributed by atoms with E-state index in [-0.39, 0.29) is 0 Å². The summed E-state index contributed by atoms with van der Waals surface area (Å²) in [6.45, 7) is 11.8. The minimum atomic E-state index is 0.426. The first-order valence-electron chi connectivity index (χ1n) is 7.81. The Balaban J connectivity index is 2.83. The van der Waals surface area contributed by atoms with Crippen LogP contribution in [0.25, 0.3) is 0 Å². The molecule has 0 aromatic carbocycles. The van der Waals surface area contributed by atoms with Gasteiger partial charge in [-0.2, -0.15) is 0 Å². The van der Waals surface area contributed by atoms with Crippen molar-refractivity contribution in [3.63, 3.8) is 0 Å². The molecule has 1 rings (SSSR count). The average molecular weight is 285 g/mol. The molecule has 0 radical (unpaired) electrons. The standard InChI is InChI=1S/C16H32N2S/c1-7-11-9-13(16(3,4)5)10-12(8-2)14(11)18-15(19)17-6/h11-14H,7-10H2,1-6H3,(H2,17,18,19). The summed E-state index contributed by atoms with van der Waals surface area (Å²) in [5, 5.41) is 7.43. The highest BCUT2D eigenvalue weighted by Crippen LogP contribution is 2.44. The van der Waals surface area contributed by atoms with Gasteiger partial charge in [0.2, 0.25) is 0 Å². The van der Waals surface area contributed by atoms with Crippen molar-refractivity contribution in [2.24, 2.45) is 23.2 Å². The molecule has 1 fully saturated rings. The van der Waals surface area contributed by atoms with E-state index >= 15 is 0 Å². The number of hydrogen-bond donors (Lipinski definition) is 2. The third-order valence-electron chi connectivity index (χ3n) is 4.99. The fourth-order valence-electron chi connectivity index (χ4n) is 3.51. The first-order valence-corrected chi connectivity index (χ1v) is 8.22. The van der Waals surface area contributed by atoms with Gasteiger partial charge in [0.25, 0.3) is 0 Å². The lowest BCUT2D eigenvalue weighted by atomic mass is 9.62. The van der Waals surface area contributed by atoms with Gasteiger partial charge in [-0.3, -0.25) is 0 Å². The molecular weight excluding hydrogens is 252 g/mol. The van der Waals surface area contributed by atoms with E-state index in [1.165, 1.54) is 25.7 Å². The van der Waals surface area contributed by atoms with Crippen LogP contribution in [0.4, 0.5) is 0 Å². The van der Waals surface area contributed by atoms with Crippen LogP contribution in [0.5, 0.6) is 0 Å². The van der Waals surface area contributed by atoms with Crippen molar-refractivity contribution >= 4 is 17.3 Å². The maximum absolute atomic E-state index is 5.32. The van der Waals surface area contributed by atoms with Crippen LogP contribution in [0.2, 0.25) is 0 Å². The highest BCUT2D eigenvalue weighted by Gasteiger charge is 2.40. The molecule has 0 heterocycles. The van der Waals surface area contributed by atoms with Crippen LogP contribution in [0.15, 0.2) is 0 Å². The Kier molecular flexibility index (Phi) is 6.10. The van der Waals surface area contributed by atoms with Gasteiger partial charge in [0.15, 0.2) is 5.11 Å². The summed E-state index contributed by atoms with van der Waals surface area (Å²) < 4.78 is 0. The lowest BCUT2D eigenvalue weighted by Gasteiger charge is -2.46. The van der Waals surface area contributed by atoms with Gasteiger partial charge in [-0.15, -0.1) is 0 Å². The molecular formula is C16H32N2S. The van der Waals surface area contributed by atoms with E-state index in [1.807, 2.05) is 7.05 Å². The summed E-state index contributed by atoms with van der Waals surface area (Å²) in [6.07, 6.45) is 5.15. The molecule has 0 bridgehead atoms. The molecule has 2 unspecified atom stereocenters. The molecule has 1 aliphatic rings. The molecule has 2 nitrogen and oxygen atoms in total. The summed E-state index contributed by atoms with van der Waals surface area (Å²) in [4.78, 5) is 0. The van der Waals surface area contributed by atoms with E-state index in [4.69, 9.17) is 12.2 Å². The molecule has 0 aliphatic heterocycles. The summed E-state index contributed by atoms with van der Waals surface area (Å²) in [5.41, 5.74) is 0.426. The van der Waals surface area contributed by atoms with Crippen LogP contribution >= 0.6 is 12.2 Å². The smallest absolute Gasteiger partial charge is 0.166 e. The highest BCUT2D eigenvalue weighted by atomic mass is 32.1. The Morgan fingerprint density at radius 1 is 1.11 bits per heavy atom. The third kappa shape index (κ3) is 4.34. The normalized spacial score (nSPS) is 31.9. The highest BCUT2D eigenvalue weighted by molar-refractivity contribution is 7.80. The number of nitrogens with one attached hydrogen (secondary N) is 2. The molecule has 112 valence electrons. The quantitative estimate of drug-likeness (QED) is 0.767. The molecule has 1 saturated carbocycles. The lowest BCUT2D eigenvalue weighted by Crippen LogP contribution is -2.52. The van der Waals surface area contributed by atoms with Gasteiger partial charge in [-0.25, -0.2) is 0 Å². The van der Waals surface area contributed by atoms with Gasteiger partial charge in [-0.05, 0) is 48.2 Å². The van der Waals surface area contributed by atoms with Gasteiger partial charge < -0.3 is 10.6 Å². The Bertz CT molecular complexity index is 282. The van der Waals surface area contributed by atoms with Gasteiger partial charge >= 0.3 is 0 Å². The van der Waals surface area contributed by atoms with Crippen molar-refractivity contribution in [2.45, 2.75) is 66.3 Å². The molecule has 0 aromatic heterocycles. The zero-order valence-electron chi connectivity index (χ0n) is 13.5. The predicted molar refractivity (Wildman–Crippen MR) is 88.3 cm³/mol. The monoisotopic (exact) mass is 284 g/mol. The number of rotatable bonds is 3. The van der Waals surface area contributed by atoms with Crippen LogP contribution in [0.3, 0.4) is 0 Å². The van der Waals surface area contributed by atoms with E-state index in [9.17, 15) is 0 Å². The van der Waals surface area contributed by atoms with E-state index in [2.05, 4.69) is 45.3 Å². The minimum absolute atomic E-state index is 0.426. The summed E-state index contributed by atoms with van der Waals surface area (Å²) in [7, 11) is 1.90. The fourth-order valence-corrected chi connectivity index (χ4v) is 3.65. The van der Waals surface area contributed by atoms with Gasteiger partial charge in [0.05, 0.1) is 0 Å². The van der Waals surface area contributed by atoms with Crippen LogP contribution < -0.4 is 10.6 Å². The SMILES string of the molecule is CCC1CC(C(C)(C)C)CC(CC)C1NC(=S)NC. The maximum Gasteiger partial charge on any atom is 0.166 e. The zero-order chi connectivity index (χ0) is 14.6. The van der Waals surface area contributed by atoms with Crippen molar-refractivity contribution in [3.05, 3.63) is 0 Å². The van der Waals surface area contributed by atoms with Crippen molar-refractivity contribution in [2.75, 3.05) is 7.05 Å². The number of hydrogen-bond acceptors (Lipinski definition) is 1. The number of thiocarbonyl (C=S) groups is 1. The van der Waals surface area contributed by atoms with E-state index < -0.39 is 0 Å². The van der Waals surface area contributed by atoms with E-state index in [1.54, 1.807) is 0 Å². The summed E-state index contributed by atoms with van der Waals surface area (Å²) in [6, 6.07) is 0.550. The van der Waals surface area contributed by atoms with Crippen LogP contribution in [-0.2, 0) is 0 Å². The topological polar surface area (TPSA) is 24.1 Å². The van der Waals surface area contributed by atoms with Crippen molar-refractivity contribution in [1.82, 2.24) is 10.6 Å². The molecule has 19 heavy (non-hydrogen) atoms. The Labute approximate surface area is 125 Å². The average Bonchev–Trinajstić information content (AvgIpc) is 2.37. The Hall–Kier alpha value is -0.310. The second kappa shape index (κ2) is 6.92. The van der Waals surface area contributed by atoms with Crippen molar-refractivity contribution in [1.29, 1.82) is 0 Å². The first-order chi connectivity index (χ1) is 8.83. The second-order valence-corrected chi connectivity index (χ2v) is 7.53.